The molecule has 1 aromatic heterocycles. The molecule has 3 aromatic rings. The van der Waals surface area contributed by atoms with E-state index in [1.165, 1.54) is 11.8 Å². The molecule has 26 heavy (non-hydrogen) atoms. The molecule has 134 valence electrons. The lowest BCUT2D eigenvalue weighted by molar-refractivity contribution is -0.119. The maximum atomic E-state index is 12.5. The van der Waals surface area contributed by atoms with E-state index >= 15 is 0 Å². The van der Waals surface area contributed by atoms with Crippen molar-refractivity contribution in [3.8, 4) is 0 Å². The van der Waals surface area contributed by atoms with Crippen LogP contribution in [0.2, 0.25) is 5.02 Å². The summed E-state index contributed by atoms with van der Waals surface area (Å²) in [6.07, 6.45) is 0.784. The Kier molecular flexibility index (Phi) is 6.30. The van der Waals surface area contributed by atoms with Gasteiger partial charge in [-0.2, -0.15) is 0 Å². The fraction of sp³-hybridized carbons (Fsp3) is 0.211. The number of H-pyrrole nitrogens is 1. The Bertz CT molecular complexity index is 851. The molecule has 1 amide bonds. The lowest BCUT2D eigenvalue weighted by Gasteiger charge is -2.20. The number of rotatable bonds is 7. The highest BCUT2D eigenvalue weighted by Crippen LogP contribution is 2.24. The van der Waals surface area contributed by atoms with Gasteiger partial charge < -0.3 is 5.32 Å². The highest BCUT2D eigenvalue weighted by molar-refractivity contribution is 7.99. The van der Waals surface area contributed by atoms with E-state index in [0.717, 1.165) is 23.4 Å². The second-order valence-electron chi connectivity index (χ2n) is 5.67. The zero-order chi connectivity index (χ0) is 18.4. The van der Waals surface area contributed by atoms with Gasteiger partial charge in [-0.3, -0.25) is 9.89 Å². The van der Waals surface area contributed by atoms with E-state index in [-0.39, 0.29) is 17.7 Å². The average molecular weight is 387 g/mol. The van der Waals surface area contributed by atoms with Crippen LogP contribution in [0.3, 0.4) is 0 Å². The van der Waals surface area contributed by atoms with E-state index < -0.39 is 0 Å². The highest BCUT2D eigenvalue weighted by atomic mass is 35.5. The molecule has 0 aliphatic carbocycles. The number of halogens is 1. The number of nitrogens with one attached hydrogen (secondary N) is 2. The molecular weight excluding hydrogens is 368 g/mol. The van der Waals surface area contributed by atoms with Crippen molar-refractivity contribution in [2.24, 2.45) is 0 Å². The number of nitrogens with zero attached hydrogens (tertiary/aromatic N) is 2. The minimum absolute atomic E-state index is 0.0818. The van der Waals surface area contributed by atoms with Crippen LogP contribution in [0.25, 0.3) is 0 Å². The van der Waals surface area contributed by atoms with Crippen molar-refractivity contribution in [3.63, 3.8) is 0 Å². The number of carbonyl (C=O) groups is 1. The van der Waals surface area contributed by atoms with Gasteiger partial charge in [0.2, 0.25) is 11.1 Å². The molecule has 1 heterocycles. The van der Waals surface area contributed by atoms with E-state index in [1.807, 2.05) is 61.5 Å². The van der Waals surface area contributed by atoms with Gasteiger partial charge in [0.15, 0.2) is 0 Å². The first-order chi connectivity index (χ1) is 12.7. The Balaban J connectivity index is 1.70. The number of aromatic nitrogens is 3. The Hall–Kier alpha value is -2.31. The molecule has 0 aliphatic heterocycles. The zero-order valence-electron chi connectivity index (χ0n) is 14.3. The number of benzene rings is 2. The molecule has 7 heteroatoms. The molecule has 0 radical (unpaired) electrons. The third-order valence-corrected chi connectivity index (χ3v) is 4.92. The Morgan fingerprint density at radius 2 is 1.85 bits per heavy atom. The van der Waals surface area contributed by atoms with E-state index in [0.29, 0.717) is 10.2 Å². The summed E-state index contributed by atoms with van der Waals surface area (Å²) in [7, 11) is 0. The van der Waals surface area contributed by atoms with Gasteiger partial charge in [0.1, 0.15) is 5.82 Å². The summed E-state index contributed by atoms with van der Waals surface area (Å²) in [6.45, 7) is 2.00. The van der Waals surface area contributed by atoms with Crippen molar-refractivity contribution in [1.82, 2.24) is 20.5 Å². The van der Waals surface area contributed by atoms with E-state index in [2.05, 4.69) is 20.5 Å². The summed E-state index contributed by atoms with van der Waals surface area (Å²) in [5.74, 6) is 0.982. The van der Waals surface area contributed by atoms with E-state index in [4.69, 9.17) is 11.6 Å². The smallest absolute Gasteiger partial charge is 0.231 e. The lowest BCUT2D eigenvalue weighted by Crippen LogP contribution is -2.30. The van der Waals surface area contributed by atoms with Crippen LogP contribution in [-0.4, -0.2) is 26.8 Å². The monoisotopic (exact) mass is 386 g/mol. The van der Waals surface area contributed by atoms with Gasteiger partial charge in [-0.1, -0.05) is 72.8 Å². The number of thioether (sulfide) groups is 1. The minimum atomic E-state index is -0.236. The molecule has 2 N–H and O–H groups in total. The topological polar surface area (TPSA) is 70.7 Å². The number of carbonyl (C=O) groups excluding carboxylic acids is 1. The Labute approximate surface area is 161 Å². The number of aromatic amines is 1. The van der Waals surface area contributed by atoms with Crippen LogP contribution in [0.5, 0.6) is 0 Å². The van der Waals surface area contributed by atoms with Crippen LogP contribution in [0, 0.1) is 0 Å². The minimum Gasteiger partial charge on any atom is -0.344 e. The standard InChI is InChI=1S/C19H19ClN4OS/c1-2-16-21-19(24-23-16)26-12-17(25)22-18(13-6-4-3-5-7-13)14-8-10-15(20)11-9-14/h3-11,18H,2,12H2,1H3,(H,22,25)(H,21,23,24). The van der Waals surface area contributed by atoms with Crippen LogP contribution < -0.4 is 5.32 Å². The summed E-state index contributed by atoms with van der Waals surface area (Å²) < 4.78 is 0. The molecule has 0 bridgehead atoms. The van der Waals surface area contributed by atoms with Crippen LogP contribution in [0.1, 0.15) is 29.9 Å². The van der Waals surface area contributed by atoms with Crippen molar-refractivity contribution in [3.05, 3.63) is 76.6 Å². The molecule has 0 saturated carbocycles. The first kappa shape index (κ1) is 18.5. The van der Waals surface area contributed by atoms with Crippen molar-refractivity contribution < 1.29 is 4.79 Å². The normalized spacial score (nSPS) is 11.9. The molecule has 0 spiro atoms. The molecule has 0 fully saturated rings. The molecule has 1 atom stereocenters. The first-order valence-corrected chi connectivity index (χ1v) is 9.66. The van der Waals surface area contributed by atoms with Crippen molar-refractivity contribution >= 4 is 29.3 Å². The van der Waals surface area contributed by atoms with E-state index in [9.17, 15) is 4.79 Å². The summed E-state index contributed by atoms with van der Waals surface area (Å²) >= 11 is 7.30. The van der Waals surface area contributed by atoms with Crippen molar-refractivity contribution in [1.29, 1.82) is 0 Å². The van der Waals surface area contributed by atoms with Gasteiger partial charge in [0.25, 0.3) is 0 Å². The van der Waals surface area contributed by atoms with Gasteiger partial charge in [-0.15, -0.1) is 5.10 Å². The Morgan fingerprint density at radius 3 is 2.50 bits per heavy atom. The molecule has 1 unspecified atom stereocenters. The summed E-state index contributed by atoms with van der Waals surface area (Å²) in [5, 5.41) is 11.3. The highest BCUT2D eigenvalue weighted by Gasteiger charge is 2.17. The van der Waals surface area contributed by atoms with Crippen molar-refractivity contribution in [2.45, 2.75) is 24.5 Å². The molecule has 0 aliphatic rings. The number of hydrogen-bond donors (Lipinski definition) is 2. The molecule has 3 rings (SSSR count). The van der Waals surface area contributed by atoms with Crippen LogP contribution >= 0.6 is 23.4 Å². The van der Waals surface area contributed by atoms with Crippen LogP contribution in [-0.2, 0) is 11.2 Å². The third kappa shape index (κ3) is 4.86. The number of aryl methyl sites for hydroxylation is 1. The fourth-order valence-corrected chi connectivity index (χ4v) is 3.25. The zero-order valence-corrected chi connectivity index (χ0v) is 15.8. The summed E-state index contributed by atoms with van der Waals surface area (Å²) in [5.41, 5.74) is 1.99. The van der Waals surface area contributed by atoms with Crippen LogP contribution in [0.4, 0.5) is 0 Å². The van der Waals surface area contributed by atoms with Gasteiger partial charge >= 0.3 is 0 Å². The summed E-state index contributed by atoms with van der Waals surface area (Å²) in [4.78, 5) is 16.8. The molecule has 2 aromatic carbocycles. The van der Waals surface area contributed by atoms with Crippen molar-refractivity contribution in [2.75, 3.05) is 5.75 Å². The average Bonchev–Trinajstić information content (AvgIpc) is 3.14. The second-order valence-corrected chi connectivity index (χ2v) is 7.05. The SMILES string of the molecule is CCc1nc(SCC(=O)NC(c2ccccc2)c2ccc(Cl)cc2)n[nH]1. The molecule has 0 saturated heterocycles. The third-order valence-electron chi connectivity index (χ3n) is 3.82. The Morgan fingerprint density at radius 1 is 1.15 bits per heavy atom. The predicted molar refractivity (Wildman–Crippen MR) is 104 cm³/mol. The predicted octanol–water partition coefficient (Wildman–Crippen LogP) is 4.02. The van der Waals surface area contributed by atoms with Gasteiger partial charge in [-0.05, 0) is 23.3 Å². The van der Waals surface area contributed by atoms with Gasteiger partial charge in [0, 0.05) is 11.4 Å². The van der Waals surface area contributed by atoms with Gasteiger partial charge in [-0.25, -0.2) is 4.98 Å². The van der Waals surface area contributed by atoms with Gasteiger partial charge in [0.05, 0.1) is 11.8 Å². The van der Waals surface area contributed by atoms with E-state index in [1.54, 1.807) is 0 Å². The number of hydrogen-bond acceptors (Lipinski definition) is 4. The first-order valence-electron chi connectivity index (χ1n) is 8.29. The number of amides is 1. The summed E-state index contributed by atoms with van der Waals surface area (Å²) in [6, 6.07) is 17.1. The maximum absolute atomic E-state index is 12.5. The largest absolute Gasteiger partial charge is 0.344 e. The quantitative estimate of drug-likeness (QED) is 0.601. The molecule has 5 nitrogen and oxygen atoms in total. The lowest BCUT2D eigenvalue weighted by atomic mass is 9.99. The maximum Gasteiger partial charge on any atom is 0.231 e. The molecular formula is C19H19ClN4OS. The fourth-order valence-electron chi connectivity index (χ4n) is 2.49. The second kappa shape index (κ2) is 8.87. The van der Waals surface area contributed by atoms with Crippen LogP contribution in [0.15, 0.2) is 59.8 Å².